The third-order valence-electron chi connectivity index (χ3n) is 8.71. The quantitative estimate of drug-likeness (QED) is 0.602. The summed E-state index contributed by atoms with van der Waals surface area (Å²) in [4.78, 5) is 0. The molecule has 8 atom stereocenters. The summed E-state index contributed by atoms with van der Waals surface area (Å²) in [7, 11) is 0. The number of fused-ring (bicyclic) bond motifs is 3. The van der Waals surface area contributed by atoms with Crippen LogP contribution in [0, 0.1) is 34.0 Å². The Balaban J connectivity index is 1.79. The van der Waals surface area contributed by atoms with Gasteiger partial charge in [0.05, 0.1) is 18.3 Å². The first-order valence-corrected chi connectivity index (χ1v) is 9.37. The average Bonchev–Trinajstić information content (AvgIpc) is 2.66. The molecule has 0 aromatic rings. The Morgan fingerprint density at radius 3 is 2.35 bits per heavy atom. The first-order valence-electron chi connectivity index (χ1n) is 9.37. The average molecular weight is 320 g/mol. The molecule has 23 heavy (non-hydrogen) atoms. The fraction of sp³-hybridized carbons (Fsp3) is 0.900. The van der Waals surface area contributed by atoms with Gasteiger partial charge in [-0.1, -0.05) is 27.4 Å². The highest BCUT2D eigenvalue weighted by atomic mass is 16.3. The molecule has 3 heteroatoms. The van der Waals surface area contributed by atoms with E-state index in [1.165, 1.54) is 0 Å². The molecule has 0 unspecified atom stereocenters. The molecule has 4 saturated carbocycles. The van der Waals surface area contributed by atoms with Gasteiger partial charge in [-0.25, -0.2) is 0 Å². The van der Waals surface area contributed by atoms with E-state index in [0.717, 1.165) is 37.7 Å². The van der Waals surface area contributed by atoms with Crippen molar-refractivity contribution in [2.45, 2.75) is 77.6 Å². The van der Waals surface area contributed by atoms with Crippen molar-refractivity contribution < 1.29 is 15.3 Å². The molecular formula is C20H32O3. The van der Waals surface area contributed by atoms with E-state index in [-0.39, 0.29) is 22.3 Å². The predicted molar refractivity (Wildman–Crippen MR) is 89.7 cm³/mol. The molecule has 0 aromatic heterocycles. The van der Waals surface area contributed by atoms with Crippen molar-refractivity contribution in [2.24, 2.45) is 34.0 Å². The van der Waals surface area contributed by atoms with Gasteiger partial charge >= 0.3 is 0 Å². The first-order chi connectivity index (χ1) is 10.6. The highest BCUT2D eigenvalue weighted by Crippen LogP contribution is 2.71. The molecule has 2 bridgehead atoms. The molecule has 0 aromatic carbocycles. The van der Waals surface area contributed by atoms with Gasteiger partial charge in [-0.05, 0) is 72.7 Å². The predicted octanol–water partition coefficient (Wildman–Crippen LogP) is 2.89. The Bertz CT molecular complexity index is 541. The lowest BCUT2D eigenvalue weighted by Gasteiger charge is -2.65. The molecule has 0 aliphatic heterocycles. The SMILES string of the molecule is C=C1[C@@H]2CC[C@H]3[C@]4(C)C[C@H](O)[C@@H](O)C(C)(C)[C@H]4CC[C@]3(C2)[C@H]1O. The lowest BCUT2D eigenvalue weighted by molar-refractivity contribution is -0.226. The number of aliphatic hydroxyl groups excluding tert-OH is 3. The minimum absolute atomic E-state index is 0.00301. The maximum Gasteiger partial charge on any atom is 0.0852 e. The van der Waals surface area contributed by atoms with Crippen LogP contribution in [0.3, 0.4) is 0 Å². The first kappa shape index (κ1) is 16.1. The Morgan fingerprint density at radius 1 is 0.957 bits per heavy atom. The van der Waals surface area contributed by atoms with Gasteiger partial charge < -0.3 is 15.3 Å². The molecular weight excluding hydrogens is 288 g/mol. The van der Waals surface area contributed by atoms with Crippen LogP contribution in [0.25, 0.3) is 0 Å². The molecule has 4 aliphatic rings. The molecule has 0 radical (unpaired) electrons. The van der Waals surface area contributed by atoms with Gasteiger partial charge in [0, 0.05) is 5.41 Å². The summed E-state index contributed by atoms with van der Waals surface area (Å²) in [5.41, 5.74) is 0.761. The van der Waals surface area contributed by atoms with E-state index >= 15 is 0 Å². The van der Waals surface area contributed by atoms with Crippen LogP contribution < -0.4 is 0 Å². The van der Waals surface area contributed by atoms with E-state index in [2.05, 4.69) is 27.4 Å². The van der Waals surface area contributed by atoms with Crippen LogP contribution in [-0.4, -0.2) is 33.6 Å². The lowest BCUT2D eigenvalue weighted by atomic mass is 9.40. The van der Waals surface area contributed by atoms with Gasteiger partial charge in [-0.2, -0.15) is 0 Å². The third kappa shape index (κ3) is 1.77. The zero-order valence-corrected chi connectivity index (χ0v) is 14.8. The summed E-state index contributed by atoms with van der Waals surface area (Å²) in [6.07, 6.45) is 4.43. The van der Waals surface area contributed by atoms with Crippen LogP contribution >= 0.6 is 0 Å². The highest BCUT2D eigenvalue weighted by Gasteiger charge is 2.68. The van der Waals surface area contributed by atoms with Crippen LogP contribution in [0.5, 0.6) is 0 Å². The van der Waals surface area contributed by atoms with Gasteiger partial charge in [0.1, 0.15) is 0 Å². The standard InChI is InChI=1S/C20H32O3/c1-11-12-5-6-15-19(4)10-13(21)17(23)18(2,3)14(19)7-8-20(15,9-12)16(11)22/h12-17,21-23H,1,5-10H2,2-4H3/t12-,13+,14-,15+,16+,17-,19-,20-/m1/s1. The highest BCUT2D eigenvalue weighted by molar-refractivity contribution is 5.27. The summed E-state index contributed by atoms with van der Waals surface area (Å²) in [6.45, 7) is 10.8. The van der Waals surface area contributed by atoms with Crippen molar-refractivity contribution in [2.75, 3.05) is 0 Å². The van der Waals surface area contributed by atoms with Crippen molar-refractivity contribution >= 4 is 0 Å². The van der Waals surface area contributed by atoms with Crippen LogP contribution in [0.2, 0.25) is 0 Å². The molecule has 0 saturated heterocycles. The lowest BCUT2D eigenvalue weighted by Crippen LogP contribution is -2.64. The second kappa shape index (κ2) is 4.62. The minimum atomic E-state index is -0.652. The molecule has 4 rings (SSSR count). The van der Waals surface area contributed by atoms with Crippen molar-refractivity contribution in [1.82, 2.24) is 0 Å². The summed E-state index contributed by atoms with van der Waals surface area (Å²) in [5, 5.41) is 32.1. The largest absolute Gasteiger partial charge is 0.390 e. The zero-order chi connectivity index (χ0) is 16.8. The summed E-state index contributed by atoms with van der Waals surface area (Å²) in [6, 6.07) is 0. The van der Waals surface area contributed by atoms with Crippen LogP contribution in [0.1, 0.15) is 59.3 Å². The molecule has 3 N–H and O–H groups in total. The number of rotatable bonds is 0. The van der Waals surface area contributed by atoms with Gasteiger partial charge in [0.2, 0.25) is 0 Å². The number of hydrogen-bond acceptors (Lipinski definition) is 3. The monoisotopic (exact) mass is 320 g/mol. The molecule has 1 spiro atoms. The number of aliphatic hydroxyl groups is 3. The Labute approximate surface area is 139 Å². The fourth-order valence-electron chi connectivity index (χ4n) is 7.73. The van der Waals surface area contributed by atoms with Gasteiger partial charge in [0.25, 0.3) is 0 Å². The van der Waals surface area contributed by atoms with E-state index in [1.807, 2.05) is 0 Å². The smallest absolute Gasteiger partial charge is 0.0852 e. The van der Waals surface area contributed by atoms with Gasteiger partial charge in [-0.15, -0.1) is 0 Å². The van der Waals surface area contributed by atoms with Crippen LogP contribution in [-0.2, 0) is 0 Å². The second-order valence-corrected chi connectivity index (χ2v) is 9.88. The van der Waals surface area contributed by atoms with E-state index in [0.29, 0.717) is 24.2 Å². The van der Waals surface area contributed by atoms with Crippen molar-refractivity contribution in [1.29, 1.82) is 0 Å². The molecule has 4 fully saturated rings. The van der Waals surface area contributed by atoms with E-state index in [1.54, 1.807) is 0 Å². The van der Waals surface area contributed by atoms with Crippen molar-refractivity contribution in [3.8, 4) is 0 Å². The minimum Gasteiger partial charge on any atom is -0.390 e. The second-order valence-electron chi connectivity index (χ2n) is 9.88. The number of hydrogen-bond donors (Lipinski definition) is 3. The van der Waals surface area contributed by atoms with Crippen molar-refractivity contribution in [3.05, 3.63) is 12.2 Å². The summed E-state index contributed by atoms with van der Waals surface area (Å²) >= 11 is 0. The Kier molecular flexibility index (Phi) is 3.23. The van der Waals surface area contributed by atoms with Crippen LogP contribution in [0.15, 0.2) is 12.2 Å². The van der Waals surface area contributed by atoms with Crippen LogP contribution in [0.4, 0.5) is 0 Å². The maximum atomic E-state index is 11.0. The Morgan fingerprint density at radius 2 is 1.65 bits per heavy atom. The molecule has 0 heterocycles. The maximum absolute atomic E-state index is 11.0. The summed E-state index contributed by atoms with van der Waals surface area (Å²) in [5.74, 6) is 1.33. The third-order valence-corrected chi connectivity index (χ3v) is 8.71. The normalized spacial score (nSPS) is 57.7. The van der Waals surface area contributed by atoms with E-state index in [4.69, 9.17) is 0 Å². The topological polar surface area (TPSA) is 60.7 Å². The van der Waals surface area contributed by atoms with Crippen molar-refractivity contribution in [3.63, 3.8) is 0 Å². The fourth-order valence-corrected chi connectivity index (χ4v) is 7.73. The van der Waals surface area contributed by atoms with E-state index in [9.17, 15) is 15.3 Å². The molecule has 130 valence electrons. The molecule has 0 amide bonds. The molecule has 4 aliphatic carbocycles. The summed E-state index contributed by atoms with van der Waals surface area (Å²) < 4.78 is 0. The van der Waals surface area contributed by atoms with Gasteiger partial charge in [0.15, 0.2) is 0 Å². The van der Waals surface area contributed by atoms with Gasteiger partial charge in [-0.3, -0.25) is 0 Å². The van der Waals surface area contributed by atoms with E-state index < -0.39 is 12.2 Å². The Hall–Kier alpha value is -0.380. The zero-order valence-electron chi connectivity index (χ0n) is 14.8. The molecule has 3 nitrogen and oxygen atoms in total.